The summed E-state index contributed by atoms with van der Waals surface area (Å²) in [5.74, 6) is 0. The van der Waals surface area contributed by atoms with Gasteiger partial charge in [-0.25, -0.2) is 0 Å². The first-order valence-corrected chi connectivity index (χ1v) is 11.8. The zero-order chi connectivity index (χ0) is 49.1. The molecule has 0 atom stereocenters. The number of hydrogen-bond donors (Lipinski definition) is 0. The van der Waals surface area contributed by atoms with Crippen molar-refractivity contribution in [1.82, 2.24) is 0 Å². The van der Waals surface area contributed by atoms with Crippen LogP contribution in [0.15, 0.2) is 157 Å². The molecule has 186 valence electrons. The third-order valence-corrected chi connectivity index (χ3v) is 6.38. The van der Waals surface area contributed by atoms with Gasteiger partial charge in [-0.3, -0.25) is 0 Å². The predicted molar refractivity (Wildman–Crippen MR) is 173 cm³/mol. The minimum Gasteiger partial charge on any atom is -0.0622 e. The summed E-state index contributed by atoms with van der Waals surface area (Å²) in [6.07, 6.45) is 0. The zero-order valence-corrected chi connectivity index (χ0v) is 20.0. The summed E-state index contributed by atoms with van der Waals surface area (Å²) in [4.78, 5) is 0. The van der Waals surface area contributed by atoms with Crippen LogP contribution in [0.25, 0.3) is 76.5 Å². The van der Waals surface area contributed by atoms with Crippen LogP contribution in [0, 0.1) is 0 Å². The molecule has 8 aromatic carbocycles. The highest BCUT2D eigenvalue weighted by Gasteiger charge is 2.19. The maximum Gasteiger partial charge on any atom is 0.0636 e. The third kappa shape index (κ3) is 3.54. The van der Waals surface area contributed by atoms with E-state index in [2.05, 4.69) is 0 Å². The molecule has 8 rings (SSSR count). The lowest BCUT2D eigenvalue weighted by Crippen LogP contribution is -1.92. The van der Waals surface area contributed by atoms with Crippen LogP contribution in [0.5, 0.6) is 0 Å². The molecule has 40 heavy (non-hydrogen) atoms. The van der Waals surface area contributed by atoms with Gasteiger partial charge in [0.05, 0.1) is 35.6 Å². The maximum atomic E-state index is 9.50. The second-order valence-corrected chi connectivity index (χ2v) is 8.50. The lowest BCUT2D eigenvalue weighted by molar-refractivity contribution is 1.64. The van der Waals surface area contributed by atoms with Gasteiger partial charge in [0.1, 0.15) is 0 Å². The fraction of sp³-hybridized carbons (Fsp3) is 0. The van der Waals surface area contributed by atoms with E-state index < -0.39 is 234 Å². The fourth-order valence-electron chi connectivity index (χ4n) is 4.75. The Morgan fingerprint density at radius 1 is 0.325 bits per heavy atom. The standard InChI is InChI=1S/C40H26/c1-2-13-28(14-3-1)32-22-10-16-29-17-11-23-37(38(29)32)40-35-20-8-6-18-33(35)39(34-19-7-9-21-36(34)40)31-25-24-27-12-4-5-15-30(27)26-31/h1-26H/i1D,2D,3D,4D,5D,6D,7D,8D,9D,10D,11D,12D,13D,14D,15D,16D,17D,18D,19D,20D,21D,22D,23D,24D,25D,26D. The smallest absolute Gasteiger partial charge is 0.0622 e. The molecule has 0 fully saturated rings. The Hall–Kier alpha value is -5.20. The van der Waals surface area contributed by atoms with E-state index in [9.17, 15) is 11.0 Å². The molecule has 0 aromatic heterocycles. The first-order chi connectivity index (χ1) is 30.7. The molecule has 0 saturated heterocycles. The number of benzene rings is 8. The highest BCUT2D eigenvalue weighted by atomic mass is 14.2. The molecule has 0 unspecified atom stereocenters. The summed E-state index contributed by atoms with van der Waals surface area (Å²) < 4.78 is 232. The van der Waals surface area contributed by atoms with Gasteiger partial charge < -0.3 is 0 Å². The lowest BCUT2D eigenvalue weighted by atomic mass is 9.83. The molecule has 0 heteroatoms. The highest BCUT2D eigenvalue weighted by Crippen LogP contribution is 2.47. The summed E-state index contributed by atoms with van der Waals surface area (Å²) >= 11 is 0. The number of hydrogen-bond acceptors (Lipinski definition) is 0. The number of fused-ring (bicyclic) bond motifs is 4. The van der Waals surface area contributed by atoms with Gasteiger partial charge in [-0.15, -0.1) is 0 Å². The number of rotatable bonds is 3. The van der Waals surface area contributed by atoms with Crippen molar-refractivity contribution in [1.29, 1.82) is 0 Å². The average molecular weight is 533 g/mol. The normalized spacial score (nSPS) is 20.6. The van der Waals surface area contributed by atoms with Gasteiger partial charge >= 0.3 is 0 Å². The summed E-state index contributed by atoms with van der Waals surface area (Å²) in [5, 5.41) is -5.69. The van der Waals surface area contributed by atoms with E-state index in [4.69, 9.17) is 24.7 Å². The van der Waals surface area contributed by atoms with E-state index >= 15 is 0 Å². The second kappa shape index (κ2) is 9.22. The van der Waals surface area contributed by atoms with Crippen LogP contribution < -0.4 is 0 Å². The fourth-order valence-corrected chi connectivity index (χ4v) is 4.75. The largest absolute Gasteiger partial charge is 0.0636 e. The van der Waals surface area contributed by atoms with E-state index in [1.807, 2.05) is 0 Å². The summed E-state index contributed by atoms with van der Waals surface area (Å²) in [6, 6.07) is -24.8. The summed E-state index contributed by atoms with van der Waals surface area (Å²) in [6.45, 7) is 0. The Morgan fingerprint density at radius 3 is 1.52 bits per heavy atom. The maximum absolute atomic E-state index is 9.50. The van der Waals surface area contributed by atoms with Crippen molar-refractivity contribution < 1.29 is 35.6 Å². The van der Waals surface area contributed by atoms with Gasteiger partial charge in [-0.1, -0.05) is 151 Å². The molecular weight excluding hydrogens is 480 g/mol. The van der Waals surface area contributed by atoms with Crippen LogP contribution >= 0.6 is 0 Å². The highest BCUT2D eigenvalue weighted by molar-refractivity contribution is 6.24. The molecule has 0 nitrogen and oxygen atoms in total. The van der Waals surface area contributed by atoms with Gasteiger partial charge in [-0.05, 0) is 82.5 Å². The molecule has 8 aromatic rings. The first kappa shape index (κ1) is 8.65. The topological polar surface area (TPSA) is 0 Å². The minimum absolute atomic E-state index is 0.580. The molecule has 0 aliphatic carbocycles. The third-order valence-electron chi connectivity index (χ3n) is 6.38. The van der Waals surface area contributed by atoms with E-state index in [-0.39, 0.29) is 0 Å². The van der Waals surface area contributed by atoms with Crippen LogP contribution in [0.4, 0.5) is 0 Å². The van der Waals surface area contributed by atoms with Gasteiger partial charge in [0.25, 0.3) is 0 Å². The quantitative estimate of drug-likeness (QED) is 0.198. The molecule has 0 spiro atoms. The molecule has 0 N–H and O–H groups in total. The molecule has 0 heterocycles. The lowest BCUT2D eigenvalue weighted by Gasteiger charge is -2.20. The Balaban J connectivity index is 1.83. The van der Waals surface area contributed by atoms with Crippen LogP contribution in [0.3, 0.4) is 0 Å². The van der Waals surface area contributed by atoms with E-state index in [0.29, 0.717) is 0 Å². The molecule has 0 radical (unpaired) electrons. The van der Waals surface area contributed by atoms with Gasteiger partial charge in [-0.2, -0.15) is 0 Å². The monoisotopic (exact) mass is 532 g/mol. The predicted octanol–water partition coefficient (Wildman–Crippen LogP) is 11.3. The molecule has 0 saturated carbocycles. The zero-order valence-electron chi connectivity index (χ0n) is 46.0. The summed E-state index contributed by atoms with van der Waals surface area (Å²) in [7, 11) is 0. The van der Waals surface area contributed by atoms with Crippen molar-refractivity contribution in [2.24, 2.45) is 0 Å². The minimum atomic E-state index is -1.05. The van der Waals surface area contributed by atoms with Crippen molar-refractivity contribution in [3.8, 4) is 33.4 Å². The van der Waals surface area contributed by atoms with Gasteiger partial charge in [0.2, 0.25) is 0 Å². The van der Waals surface area contributed by atoms with Crippen molar-refractivity contribution in [3.05, 3.63) is 157 Å². The van der Waals surface area contributed by atoms with E-state index in [1.165, 1.54) is 0 Å². The molecule has 0 aliphatic heterocycles. The molecule has 0 amide bonds. The van der Waals surface area contributed by atoms with Crippen LogP contribution in [0.2, 0.25) is 0 Å². The SMILES string of the molecule is [2H]c1c([2H])c([2H])c(-c2c([2H])c([2H])c([2H])c3c([2H])c([2H])c([2H])c(-c4c5c([2H])c([2H])c([2H])c([2H])c5c(-c5c([2H])c([2H])c6c([2H])c([2H])c([2H])c([2H])c6c5[2H])c5c([2H])c([2H])c([2H])c([2H])c45)c23)c([2H])c1[2H]. The van der Waals surface area contributed by atoms with Gasteiger partial charge in [0, 0.05) is 0 Å². The van der Waals surface area contributed by atoms with E-state index in [1.54, 1.807) is 0 Å². The van der Waals surface area contributed by atoms with Crippen molar-refractivity contribution in [2.75, 3.05) is 0 Å². The van der Waals surface area contributed by atoms with Crippen molar-refractivity contribution >= 4 is 43.1 Å². The molecule has 0 bridgehead atoms. The van der Waals surface area contributed by atoms with Gasteiger partial charge in [0.15, 0.2) is 0 Å². The molecular formula is C40H26. The van der Waals surface area contributed by atoms with Crippen molar-refractivity contribution in [2.45, 2.75) is 0 Å². The Morgan fingerprint density at radius 2 is 0.850 bits per heavy atom. The Bertz CT molecular complexity index is 3530. The van der Waals surface area contributed by atoms with Crippen LogP contribution in [0.1, 0.15) is 35.6 Å². The molecule has 0 aliphatic rings. The summed E-state index contributed by atoms with van der Waals surface area (Å²) in [5.41, 5.74) is -4.65. The first-order valence-electron chi connectivity index (χ1n) is 24.8. The Labute approximate surface area is 270 Å². The van der Waals surface area contributed by atoms with Crippen molar-refractivity contribution in [3.63, 3.8) is 0 Å². The Kier molecular flexibility index (Phi) is 1.99. The second-order valence-electron chi connectivity index (χ2n) is 8.50. The van der Waals surface area contributed by atoms with E-state index in [0.717, 1.165) is 0 Å². The average Bonchev–Trinajstić information content (AvgIpc) is 3.28. The van der Waals surface area contributed by atoms with Crippen LogP contribution in [-0.2, 0) is 0 Å². The van der Waals surface area contributed by atoms with Crippen LogP contribution in [-0.4, -0.2) is 0 Å².